The topological polar surface area (TPSA) is 102 Å². The first-order valence-corrected chi connectivity index (χ1v) is 9.24. The van der Waals surface area contributed by atoms with Crippen molar-refractivity contribution in [1.29, 1.82) is 0 Å². The number of fused-ring (bicyclic) bond motifs is 1. The molecule has 8 heteroatoms. The predicted molar refractivity (Wildman–Crippen MR) is 85.0 cm³/mol. The summed E-state index contributed by atoms with van der Waals surface area (Å²) in [6.07, 6.45) is 1.74. The van der Waals surface area contributed by atoms with E-state index in [2.05, 4.69) is 5.32 Å². The van der Waals surface area contributed by atoms with Gasteiger partial charge in [0.2, 0.25) is 5.91 Å². The van der Waals surface area contributed by atoms with Crippen molar-refractivity contribution in [3.8, 4) is 5.75 Å². The van der Waals surface area contributed by atoms with Crippen LogP contribution in [0.15, 0.2) is 24.3 Å². The average Bonchev–Trinajstić information content (AvgIpc) is 2.95. The number of para-hydroxylation sites is 1. The summed E-state index contributed by atoms with van der Waals surface area (Å²) in [6, 6.07) is 7.86. The Labute approximate surface area is 136 Å². The van der Waals surface area contributed by atoms with Crippen molar-refractivity contribution in [2.24, 2.45) is 11.1 Å². The van der Waals surface area contributed by atoms with Crippen molar-refractivity contribution in [2.45, 2.75) is 25.4 Å². The van der Waals surface area contributed by atoms with E-state index in [-0.39, 0.29) is 17.9 Å². The second kappa shape index (κ2) is 6.46. The minimum Gasteiger partial charge on any atom is -0.488 e. The maximum Gasteiger partial charge on any atom is 0.276 e. The van der Waals surface area contributed by atoms with Crippen LogP contribution in [0.5, 0.6) is 5.75 Å². The van der Waals surface area contributed by atoms with Gasteiger partial charge in [-0.1, -0.05) is 18.2 Å². The molecule has 7 nitrogen and oxygen atoms in total. The summed E-state index contributed by atoms with van der Waals surface area (Å²) >= 11 is 0. The first-order chi connectivity index (χ1) is 10.9. The molecule has 1 unspecified atom stereocenters. The number of carbonyl (C=O) groups excluding carboxylic acids is 1. The van der Waals surface area contributed by atoms with Crippen LogP contribution in [0.25, 0.3) is 0 Å². The Kier molecular flexibility index (Phi) is 4.56. The molecule has 0 saturated carbocycles. The van der Waals surface area contributed by atoms with Crippen LogP contribution in [0.1, 0.15) is 18.4 Å². The normalized spacial score (nSPS) is 22.4. The van der Waals surface area contributed by atoms with Crippen molar-refractivity contribution in [3.63, 3.8) is 0 Å². The molecule has 1 fully saturated rings. The summed E-state index contributed by atoms with van der Waals surface area (Å²) in [4.78, 5) is 12.2. The molecule has 1 aromatic rings. The summed E-state index contributed by atoms with van der Waals surface area (Å²) in [5.74, 6) is 0.670. The van der Waals surface area contributed by atoms with Crippen molar-refractivity contribution < 1.29 is 17.9 Å². The van der Waals surface area contributed by atoms with Gasteiger partial charge in [-0.05, 0) is 24.5 Å². The second-order valence-corrected chi connectivity index (χ2v) is 7.56. The van der Waals surface area contributed by atoms with E-state index >= 15 is 0 Å². The third kappa shape index (κ3) is 3.82. The molecule has 3 rings (SSSR count). The number of benzene rings is 1. The van der Waals surface area contributed by atoms with Gasteiger partial charge in [-0.3, -0.25) is 4.79 Å². The fourth-order valence-electron chi connectivity index (χ4n) is 3.10. The first-order valence-electron chi connectivity index (χ1n) is 7.73. The number of hydrogen-bond acceptors (Lipinski definition) is 4. The number of nitrogens with one attached hydrogen (secondary N) is 1. The summed E-state index contributed by atoms with van der Waals surface area (Å²) < 4.78 is 29.5. The molecule has 1 saturated heterocycles. The minimum absolute atomic E-state index is 0.0409. The molecule has 0 spiro atoms. The Morgan fingerprint density at radius 3 is 2.65 bits per heavy atom. The molecule has 1 amide bonds. The smallest absolute Gasteiger partial charge is 0.276 e. The highest BCUT2D eigenvalue weighted by molar-refractivity contribution is 7.86. The van der Waals surface area contributed by atoms with Gasteiger partial charge in [0.25, 0.3) is 10.2 Å². The zero-order chi connectivity index (χ0) is 16.4. The molecule has 2 aliphatic rings. The molecule has 2 aliphatic heterocycles. The highest BCUT2D eigenvalue weighted by atomic mass is 32.2. The molecule has 2 heterocycles. The van der Waals surface area contributed by atoms with Crippen LogP contribution in [0, 0.1) is 5.92 Å². The van der Waals surface area contributed by atoms with E-state index in [1.54, 1.807) is 0 Å². The van der Waals surface area contributed by atoms with E-state index in [0.717, 1.165) is 17.7 Å². The number of nitrogens with two attached hydrogens (primary N) is 1. The van der Waals surface area contributed by atoms with Gasteiger partial charge < -0.3 is 10.1 Å². The van der Waals surface area contributed by atoms with E-state index in [1.807, 2.05) is 24.3 Å². The van der Waals surface area contributed by atoms with Crippen LogP contribution >= 0.6 is 0 Å². The third-order valence-electron chi connectivity index (χ3n) is 4.40. The van der Waals surface area contributed by atoms with Crippen LogP contribution in [-0.4, -0.2) is 44.4 Å². The molecule has 0 aliphatic carbocycles. The maximum absolute atomic E-state index is 12.2. The van der Waals surface area contributed by atoms with Crippen molar-refractivity contribution in [2.75, 3.05) is 19.6 Å². The van der Waals surface area contributed by atoms with Crippen molar-refractivity contribution in [1.82, 2.24) is 9.62 Å². The summed E-state index contributed by atoms with van der Waals surface area (Å²) in [7, 11) is -3.65. The average molecular weight is 339 g/mol. The second-order valence-electron chi connectivity index (χ2n) is 6.02. The lowest BCUT2D eigenvalue weighted by Crippen LogP contribution is -2.46. The Balaban J connectivity index is 1.45. The summed E-state index contributed by atoms with van der Waals surface area (Å²) in [5.41, 5.74) is 1.16. The van der Waals surface area contributed by atoms with E-state index in [9.17, 15) is 13.2 Å². The maximum atomic E-state index is 12.2. The highest BCUT2D eigenvalue weighted by Crippen LogP contribution is 2.27. The number of amides is 1. The van der Waals surface area contributed by atoms with Gasteiger partial charge >= 0.3 is 0 Å². The molecule has 1 atom stereocenters. The van der Waals surface area contributed by atoms with E-state index < -0.39 is 10.2 Å². The quantitative estimate of drug-likeness (QED) is 0.807. The van der Waals surface area contributed by atoms with E-state index in [4.69, 9.17) is 9.88 Å². The van der Waals surface area contributed by atoms with Gasteiger partial charge in [0, 0.05) is 25.4 Å². The predicted octanol–water partition coefficient (Wildman–Crippen LogP) is 0.0218. The number of ether oxygens (including phenoxy) is 1. The lowest BCUT2D eigenvalue weighted by Gasteiger charge is -2.29. The van der Waals surface area contributed by atoms with Gasteiger partial charge in [0.1, 0.15) is 11.9 Å². The van der Waals surface area contributed by atoms with Crippen LogP contribution in [0.3, 0.4) is 0 Å². The van der Waals surface area contributed by atoms with E-state index in [0.29, 0.717) is 32.5 Å². The Morgan fingerprint density at radius 2 is 2.00 bits per heavy atom. The standard InChI is InChI=1S/C15H21N3O4S/c16-23(20,21)18-7-5-11(6-8-18)15(19)17-10-13-9-12-3-1-2-4-14(12)22-13/h1-4,11,13H,5-10H2,(H,17,19)(H2,16,20,21). The third-order valence-corrected chi connectivity index (χ3v) is 5.49. The molecule has 0 aromatic heterocycles. The van der Waals surface area contributed by atoms with Gasteiger partial charge in [0.05, 0.1) is 6.54 Å². The number of carbonyl (C=O) groups is 1. The summed E-state index contributed by atoms with van der Waals surface area (Å²) in [6.45, 7) is 1.05. The molecule has 3 N–H and O–H groups in total. The number of nitrogens with zero attached hydrogens (tertiary/aromatic N) is 1. The van der Waals surface area contributed by atoms with E-state index in [1.165, 1.54) is 4.31 Å². The van der Waals surface area contributed by atoms with Gasteiger partial charge in [0.15, 0.2) is 0 Å². The summed E-state index contributed by atoms with van der Waals surface area (Å²) in [5, 5.41) is 8.02. The van der Waals surface area contributed by atoms with Gasteiger partial charge in [-0.25, -0.2) is 5.14 Å². The zero-order valence-electron chi connectivity index (χ0n) is 12.8. The Hall–Kier alpha value is -1.64. The Morgan fingerprint density at radius 1 is 1.30 bits per heavy atom. The fraction of sp³-hybridized carbons (Fsp3) is 0.533. The first kappa shape index (κ1) is 16.2. The Bertz CT molecular complexity index is 659. The van der Waals surface area contributed by atoms with Crippen LogP contribution in [0.2, 0.25) is 0 Å². The molecule has 0 bridgehead atoms. The molecular weight excluding hydrogens is 318 g/mol. The fourth-order valence-corrected chi connectivity index (χ4v) is 3.82. The molecule has 126 valence electrons. The molecular formula is C15H21N3O4S. The van der Waals surface area contributed by atoms with Gasteiger partial charge in [-0.2, -0.15) is 12.7 Å². The van der Waals surface area contributed by atoms with Crippen molar-refractivity contribution in [3.05, 3.63) is 29.8 Å². The number of rotatable bonds is 4. The zero-order valence-corrected chi connectivity index (χ0v) is 13.6. The SMILES string of the molecule is NS(=O)(=O)N1CCC(C(=O)NCC2Cc3ccccc3O2)CC1. The van der Waals surface area contributed by atoms with Gasteiger partial charge in [-0.15, -0.1) is 0 Å². The lowest BCUT2D eigenvalue weighted by molar-refractivity contribution is -0.126. The van der Waals surface area contributed by atoms with Crippen LogP contribution < -0.4 is 15.2 Å². The monoisotopic (exact) mass is 339 g/mol. The number of hydrogen-bond donors (Lipinski definition) is 2. The lowest BCUT2D eigenvalue weighted by atomic mass is 9.97. The molecule has 0 radical (unpaired) electrons. The van der Waals surface area contributed by atoms with Crippen LogP contribution in [-0.2, 0) is 21.4 Å². The minimum atomic E-state index is -3.65. The van der Waals surface area contributed by atoms with Crippen LogP contribution in [0.4, 0.5) is 0 Å². The molecule has 1 aromatic carbocycles. The van der Waals surface area contributed by atoms with Crippen molar-refractivity contribution >= 4 is 16.1 Å². The largest absolute Gasteiger partial charge is 0.488 e. The highest BCUT2D eigenvalue weighted by Gasteiger charge is 2.30. The number of piperidine rings is 1. The molecule has 23 heavy (non-hydrogen) atoms.